The number of carbonyl (C=O) groups is 1. The van der Waals surface area contributed by atoms with Gasteiger partial charge >= 0.3 is 16.3 Å². The minimum atomic E-state index is -4.17. The molecule has 1 aromatic heterocycles. The lowest BCUT2D eigenvalue weighted by Crippen LogP contribution is -2.38. The molecule has 4 aromatic carbocycles. The van der Waals surface area contributed by atoms with E-state index in [9.17, 15) is 13.2 Å². The molecule has 0 aliphatic carbocycles. The lowest BCUT2D eigenvalue weighted by atomic mass is 9.83. The minimum absolute atomic E-state index is 0.0441. The monoisotopic (exact) mass is 795 g/mol. The van der Waals surface area contributed by atoms with Crippen LogP contribution in [0, 0.1) is 13.8 Å². The number of aromatic nitrogens is 3. The Hall–Kier alpha value is -5.08. The van der Waals surface area contributed by atoms with Gasteiger partial charge in [-0.1, -0.05) is 90.1 Å². The molecule has 0 saturated carbocycles. The molecule has 302 valence electrons. The van der Waals surface area contributed by atoms with E-state index in [1.807, 2.05) is 104 Å². The number of esters is 1. The van der Waals surface area contributed by atoms with Gasteiger partial charge in [0.2, 0.25) is 0 Å². The summed E-state index contributed by atoms with van der Waals surface area (Å²) in [7, 11) is -2.07. The molecule has 12 nitrogen and oxygen atoms in total. The molecule has 1 unspecified atom stereocenters. The summed E-state index contributed by atoms with van der Waals surface area (Å²) < 4.78 is 52.5. The Morgan fingerprint density at radius 2 is 1.65 bits per heavy atom. The van der Waals surface area contributed by atoms with Gasteiger partial charge in [0.05, 0.1) is 37.7 Å². The summed E-state index contributed by atoms with van der Waals surface area (Å²) >= 11 is 0. The molecular formula is C44H53N5O7S. The molecule has 0 fully saturated rings. The summed E-state index contributed by atoms with van der Waals surface area (Å²) in [6.07, 6.45) is 2.66. The van der Waals surface area contributed by atoms with Crippen molar-refractivity contribution < 1.29 is 31.6 Å². The number of aryl methyl sites for hydroxylation is 2. The number of fused-ring (bicyclic) bond motifs is 1. The van der Waals surface area contributed by atoms with E-state index in [-0.39, 0.29) is 44.0 Å². The normalized spacial score (nSPS) is 15.2. The number of ether oxygens (including phenoxy) is 3. The van der Waals surface area contributed by atoms with Crippen molar-refractivity contribution in [2.75, 3.05) is 39.9 Å². The highest BCUT2D eigenvalue weighted by molar-refractivity contribution is 7.84. The fourth-order valence-electron chi connectivity index (χ4n) is 7.18. The van der Waals surface area contributed by atoms with Crippen molar-refractivity contribution in [1.82, 2.24) is 24.2 Å². The lowest BCUT2D eigenvalue weighted by molar-refractivity contribution is -0.143. The van der Waals surface area contributed by atoms with E-state index in [0.29, 0.717) is 19.8 Å². The molecule has 1 aliphatic heterocycles. The van der Waals surface area contributed by atoms with Gasteiger partial charge < -0.3 is 23.3 Å². The van der Waals surface area contributed by atoms with Crippen molar-refractivity contribution in [1.29, 1.82) is 0 Å². The lowest BCUT2D eigenvalue weighted by Gasteiger charge is -2.31. The van der Waals surface area contributed by atoms with Gasteiger partial charge in [-0.2, -0.15) is 12.7 Å². The second-order valence-electron chi connectivity index (χ2n) is 14.4. The number of carbonyl (C=O) groups excluding carboxylic acids is 1. The van der Waals surface area contributed by atoms with E-state index in [4.69, 9.17) is 18.4 Å². The average molecular weight is 796 g/mol. The van der Waals surface area contributed by atoms with Crippen LogP contribution in [0.15, 0.2) is 103 Å². The van der Waals surface area contributed by atoms with Crippen LogP contribution in [0.2, 0.25) is 0 Å². The van der Waals surface area contributed by atoms with Gasteiger partial charge in [-0.25, -0.2) is 4.68 Å². The van der Waals surface area contributed by atoms with Crippen molar-refractivity contribution in [3.8, 4) is 0 Å². The summed E-state index contributed by atoms with van der Waals surface area (Å²) in [5, 5.41) is 9.11. The van der Waals surface area contributed by atoms with Crippen LogP contribution in [0.1, 0.15) is 77.6 Å². The van der Waals surface area contributed by atoms with Crippen LogP contribution in [0.3, 0.4) is 0 Å². The van der Waals surface area contributed by atoms with Crippen molar-refractivity contribution in [2.45, 2.75) is 72.3 Å². The van der Waals surface area contributed by atoms with Crippen molar-refractivity contribution in [3.05, 3.63) is 142 Å². The van der Waals surface area contributed by atoms with Crippen LogP contribution < -0.4 is 0 Å². The van der Waals surface area contributed by atoms with E-state index in [1.165, 1.54) is 9.87 Å². The SMILES string of the molecule is CCOC(=O)CC(c1ccc(C)c([C@@H](C)N2CC=C(OCc3ccccc3)OS2(=O)=O)c1)c1ccc2c(nnn2CCN(C)CCCOCc2ccccc2)c1C. The first-order chi connectivity index (χ1) is 27.5. The molecule has 57 heavy (non-hydrogen) atoms. The van der Waals surface area contributed by atoms with E-state index in [0.717, 1.165) is 63.9 Å². The molecule has 0 saturated heterocycles. The molecule has 0 bridgehead atoms. The Labute approximate surface area is 336 Å². The van der Waals surface area contributed by atoms with Crippen LogP contribution in [-0.4, -0.2) is 78.5 Å². The third kappa shape index (κ3) is 10.7. The quantitative estimate of drug-likeness (QED) is 0.0618. The maximum atomic E-state index is 13.5. The predicted octanol–water partition coefficient (Wildman–Crippen LogP) is 7.37. The Balaban J connectivity index is 1.16. The average Bonchev–Trinajstić information content (AvgIpc) is 3.63. The Morgan fingerprint density at radius 3 is 2.35 bits per heavy atom. The zero-order chi connectivity index (χ0) is 40.4. The first-order valence-electron chi connectivity index (χ1n) is 19.5. The fourth-order valence-corrected chi connectivity index (χ4v) is 8.36. The molecule has 2 atom stereocenters. The van der Waals surface area contributed by atoms with Crippen LogP contribution >= 0.6 is 0 Å². The minimum Gasteiger partial charge on any atom is -0.466 e. The molecular weight excluding hydrogens is 743 g/mol. The van der Waals surface area contributed by atoms with E-state index < -0.39 is 16.3 Å². The molecule has 13 heteroatoms. The van der Waals surface area contributed by atoms with Gasteiger partial charge in [-0.15, -0.1) is 5.10 Å². The van der Waals surface area contributed by atoms with Crippen LogP contribution in [-0.2, 0) is 53.3 Å². The van der Waals surface area contributed by atoms with Gasteiger partial charge in [-0.05, 0) is 86.2 Å². The number of hydrogen-bond donors (Lipinski definition) is 0. The predicted molar refractivity (Wildman–Crippen MR) is 219 cm³/mol. The molecule has 1 aliphatic rings. The standard InChI is InChI=1S/C44H53N5O7S/c1-6-54-42(50)29-40(37-19-18-32(2)39(28-37)34(4)49-24-22-43(56-57(49,51)52)55-31-36-16-11-8-12-17-36)38-20-21-41-44(33(38)3)45-46-48(41)26-25-47(5)23-13-27-53-30-35-14-9-7-10-15-35/h7-12,14-22,28,34,40H,6,13,23-27,29-31H2,1-5H3/t34-,40?/m1/s1. The summed E-state index contributed by atoms with van der Waals surface area (Å²) in [6, 6.07) is 29.1. The zero-order valence-electron chi connectivity index (χ0n) is 33.5. The summed E-state index contributed by atoms with van der Waals surface area (Å²) in [4.78, 5) is 15.4. The van der Waals surface area contributed by atoms with Crippen molar-refractivity contribution in [2.24, 2.45) is 0 Å². The van der Waals surface area contributed by atoms with Crippen LogP contribution in [0.5, 0.6) is 0 Å². The molecule has 0 amide bonds. The first kappa shape index (κ1) is 41.6. The van der Waals surface area contributed by atoms with Gasteiger partial charge in [0, 0.05) is 38.2 Å². The number of hydrogen-bond acceptors (Lipinski definition) is 10. The smallest absolute Gasteiger partial charge is 0.388 e. The molecule has 0 N–H and O–H groups in total. The highest BCUT2D eigenvalue weighted by atomic mass is 32.2. The number of rotatable bonds is 19. The Kier molecular flexibility index (Phi) is 14.1. The molecule has 0 spiro atoms. The molecule has 2 heterocycles. The fraction of sp³-hybridized carbons (Fsp3) is 0.386. The summed E-state index contributed by atoms with van der Waals surface area (Å²) in [5.74, 6) is -0.751. The summed E-state index contributed by atoms with van der Waals surface area (Å²) in [5.41, 5.74) is 8.17. The van der Waals surface area contributed by atoms with Gasteiger partial charge in [-0.3, -0.25) is 4.79 Å². The van der Waals surface area contributed by atoms with E-state index >= 15 is 0 Å². The molecule has 0 radical (unpaired) electrons. The largest absolute Gasteiger partial charge is 0.466 e. The number of benzene rings is 4. The van der Waals surface area contributed by atoms with Gasteiger partial charge in [0.1, 0.15) is 12.1 Å². The first-order valence-corrected chi connectivity index (χ1v) is 20.9. The Bertz CT molecular complexity index is 2250. The topological polar surface area (TPSA) is 125 Å². The second-order valence-corrected chi connectivity index (χ2v) is 15.9. The van der Waals surface area contributed by atoms with Gasteiger partial charge in [0.15, 0.2) is 0 Å². The Morgan fingerprint density at radius 1 is 0.930 bits per heavy atom. The highest BCUT2D eigenvalue weighted by Gasteiger charge is 2.35. The third-order valence-corrected chi connectivity index (χ3v) is 11.8. The maximum Gasteiger partial charge on any atom is 0.388 e. The molecule has 6 rings (SSSR count). The van der Waals surface area contributed by atoms with Gasteiger partial charge in [0.25, 0.3) is 5.95 Å². The van der Waals surface area contributed by atoms with Crippen LogP contribution in [0.25, 0.3) is 11.0 Å². The molecule has 5 aromatic rings. The zero-order valence-corrected chi connectivity index (χ0v) is 34.3. The van der Waals surface area contributed by atoms with E-state index in [1.54, 1.807) is 13.0 Å². The van der Waals surface area contributed by atoms with E-state index in [2.05, 4.69) is 34.4 Å². The van der Waals surface area contributed by atoms with Crippen molar-refractivity contribution in [3.63, 3.8) is 0 Å². The summed E-state index contributed by atoms with van der Waals surface area (Å²) in [6.45, 7) is 11.8. The second kappa shape index (κ2) is 19.4. The highest BCUT2D eigenvalue weighted by Crippen LogP contribution is 2.37. The number of likely N-dealkylation sites (N-methyl/N-ethyl adjacent to an activating group) is 1. The number of nitrogens with zero attached hydrogens (tertiary/aromatic N) is 5. The van der Waals surface area contributed by atoms with Crippen molar-refractivity contribution >= 4 is 27.3 Å². The maximum absolute atomic E-state index is 13.5. The van der Waals surface area contributed by atoms with Crippen LogP contribution in [0.4, 0.5) is 0 Å². The third-order valence-electron chi connectivity index (χ3n) is 10.4.